The van der Waals surface area contributed by atoms with E-state index < -0.39 is 279 Å². The summed E-state index contributed by atoms with van der Waals surface area (Å²) >= 11 is 0. The van der Waals surface area contributed by atoms with Crippen molar-refractivity contribution in [3.63, 3.8) is 0 Å². The molecule has 0 aliphatic carbocycles. The first-order valence-electron chi connectivity index (χ1n) is 27.7. The highest BCUT2D eigenvalue weighted by Gasteiger charge is 2.61. The lowest BCUT2D eigenvalue weighted by atomic mass is 9.84. The third kappa shape index (κ3) is 14.6. The Balaban J connectivity index is 1.07. The van der Waals surface area contributed by atoms with Crippen molar-refractivity contribution in [3.8, 4) is 0 Å². The molecule has 7 rings (SSSR count). The molecule has 37 heteroatoms. The van der Waals surface area contributed by atoms with Gasteiger partial charge in [-0.1, -0.05) is 13.8 Å². The molecule has 35 unspecified atom stereocenters. The summed E-state index contributed by atoms with van der Waals surface area (Å²) in [5.41, 5.74) is 0. The van der Waals surface area contributed by atoms with Gasteiger partial charge in [0.1, 0.15) is 146 Å². The molecule has 0 amide bonds. The number of aliphatic hydroxyl groups is 20. The summed E-state index contributed by atoms with van der Waals surface area (Å²) in [6, 6.07) is 0. The molecule has 0 saturated carbocycles. The Kier molecular flexibility index (Phi) is 25.5. The Bertz CT molecular complexity index is 2070. The molecule has 0 aromatic carbocycles. The number of hydrogen-bond acceptors (Lipinski definition) is 36. The van der Waals surface area contributed by atoms with E-state index in [4.69, 9.17) is 71.1 Å². The predicted molar refractivity (Wildman–Crippen MR) is 265 cm³/mol. The first-order chi connectivity index (χ1) is 40.7. The minimum absolute atomic E-state index is 0.688. The molecule has 7 heterocycles. The van der Waals surface area contributed by atoms with Crippen molar-refractivity contribution in [1.82, 2.24) is 0 Å². The molecule has 7 fully saturated rings. The van der Waals surface area contributed by atoms with Crippen molar-refractivity contribution in [2.24, 2.45) is 11.8 Å². The topological polar surface area (TPSA) is 580 Å². The van der Waals surface area contributed by atoms with Crippen LogP contribution in [0.5, 0.6) is 0 Å². The maximum absolute atomic E-state index is 12.9. The number of aliphatic carboxylic acids is 1. The van der Waals surface area contributed by atoms with E-state index in [0.29, 0.717) is 0 Å². The first-order valence-corrected chi connectivity index (χ1v) is 27.7. The monoisotopic (exact) mass is 1260 g/mol. The van der Waals surface area contributed by atoms with Crippen molar-refractivity contribution >= 4 is 5.97 Å². The van der Waals surface area contributed by atoms with Crippen LogP contribution in [0.15, 0.2) is 0 Å². The Labute approximate surface area is 489 Å². The Morgan fingerprint density at radius 2 is 0.884 bits per heavy atom. The lowest BCUT2D eigenvalue weighted by molar-refractivity contribution is -0.401. The Morgan fingerprint density at radius 1 is 0.453 bits per heavy atom. The molecule has 21 N–H and O–H groups in total. The normalized spacial score (nSPS) is 50.3. The van der Waals surface area contributed by atoms with Crippen LogP contribution in [0.4, 0.5) is 0 Å². The Hall–Kier alpha value is -1.93. The van der Waals surface area contributed by atoms with E-state index in [-0.39, 0.29) is 0 Å². The molecule has 7 aliphatic rings. The van der Waals surface area contributed by atoms with Crippen LogP contribution in [-0.2, 0) is 75.8 Å². The highest BCUT2D eigenvalue weighted by molar-refractivity contribution is 5.76. The average Bonchev–Trinajstić information content (AvgIpc) is 1.39. The smallest absolute Gasteiger partial charge is 0.364 e. The molecule has 0 spiro atoms. The summed E-state index contributed by atoms with van der Waals surface area (Å²) in [6.07, 6.45) is -62.0. The van der Waals surface area contributed by atoms with Gasteiger partial charge < -0.3 is 178 Å². The zero-order valence-corrected chi connectivity index (χ0v) is 46.8. The van der Waals surface area contributed by atoms with Gasteiger partial charge in [-0.05, 0) is 0 Å². The number of rotatable bonds is 24. The van der Waals surface area contributed by atoms with E-state index in [1.165, 1.54) is 13.8 Å². The summed E-state index contributed by atoms with van der Waals surface area (Å²) in [6.45, 7) is -3.84. The summed E-state index contributed by atoms with van der Waals surface area (Å²) in [5, 5.41) is 227. The van der Waals surface area contributed by atoms with Crippen LogP contribution < -0.4 is 0 Å². The molecule has 86 heavy (non-hydrogen) atoms. The number of hydrogen-bond donors (Lipinski definition) is 21. The fourth-order valence-corrected chi connectivity index (χ4v) is 11.4. The first kappa shape index (κ1) is 71.5. The molecule has 502 valence electrons. The fourth-order valence-electron chi connectivity index (χ4n) is 11.4. The molecule has 36 atom stereocenters. The van der Waals surface area contributed by atoms with Gasteiger partial charge in [-0.3, -0.25) is 0 Å². The quantitative estimate of drug-likeness (QED) is 0.0427. The van der Waals surface area contributed by atoms with Gasteiger partial charge in [-0.2, -0.15) is 0 Å². The largest absolute Gasteiger partial charge is 0.477 e. The van der Waals surface area contributed by atoms with E-state index in [9.17, 15) is 112 Å². The third-order valence-electron chi connectivity index (χ3n) is 16.7. The summed E-state index contributed by atoms with van der Waals surface area (Å²) in [4.78, 5) is 12.9. The fraction of sp³-hybridized carbons (Fsp3) is 0.980. The third-order valence-corrected chi connectivity index (χ3v) is 16.7. The summed E-state index contributed by atoms with van der Waals surface area (Å²) in [5.74, 6) is -7.21. The van der Waals surface area contributed by atoms with E-state index in [0.717, 1.165) is 14.2 Å². The lowest BCUT2D eigenvalue weighted by Crippen LogP contribution is -2.68. The standard InChI is InChI=1S/C49H84O37/c1-13-15(56)5-49(48(70)71,85-35(13)24(59)16(57)6-50)86-40-26(61)18(8-52)76-46(33(40)68)81-37-19(9-53)77-42(14(2)23(37)58)74-12-22-36(72-3)28(63)32(67)45(80-22)83-39-21(11-55)79-47(82-38-20(10-54)78-43(73-4)31(66)29(38)64)34(69)41(39)84-44-30(65)27(62)25(60)17(7-51)75-44/h13-47,50-69H,5-12H2,1-4H3,(H,70,71)/t13?,14?,15?,16-,17?,18?,19?,20?,21?,22?,23?,24?,25?,26?,27?,28?,29?,30?,31?,32?,33?,34?,35?,36?,37?,38?,39?,40?,41?,42?,43?,44?,45?,46?,47?,49?/m0/s1. The molecule has 0 aromatic rings. The molecular weight excluding hydrogens is 1180 g/mol. The highest BCUT2D eigenvalue weighted by atomic mass is 16.8. The molecule has 0 radical (unpaired) electrons. The van der Waals surface area contributed by atoms with Crippen LogP contribution in [-0.4, -0.2) is 382 Å². The van der Waals surface area contributed by atoms with Gasteiger partial charge in [0, 0.05) is 32.5 Å². The molecule has 0 aromatic heterocycles. The molecule has 0 bridgehead atoms. The highest BCUT2D eigenvalue weighted by Crippen LogP contribution is 2.42. The molecular formula is C49H84O37. The maximum Gasteiger partial charge on any atom is 0.364 e. The van der Waals surface area contributed by atoms with Gasteiger partial charge in [0.15, 0.2) is 37.7 Å². The second kappa shape index (κ2) is 30.7. The molecule has 7 saturated heterocycles. The van der Waals surface area contributed by atoms with Crippen LogP contribution in [0.1, 0.15) is 20.3 Å². The van der Waals surface area contributed by atoms with E-state index in [1.54, 1.807) is 0 Å². The van der Waals surface area contributed by atoms with Gasteiger partial charge in [0.2, 0.25) is 0 Å². The number of carbonyl (C=O) groups is 1. The maximum atomic E-state index is 12.9. The van der Waals surface area contributed by atoms with Crippen LogP contribution in [0.3, 0.4) is 0 Å². The number of carboxylic acid groups (broad SMARTS) is 1. The lowest BCUT2D eigenvalue weighted by Gasteiger charge is -2.51. The van der Waals surface area contributed by atoms with Gasteiger partial charge >= 0.3 is 5.97 Å². The van der Waals surface area contributed by atoms with Gasteiger partial charge in [-0.15, -0.1) is 0 Å². The van der Waals surface area contributed by atoms with Crippen molar-refractivity contribution in [3.05, 3.63) is 0 Å². The number of ether oxygens (including phenoxy) is 15. The summed E-state index contributed by atoms with van der Waals surface area (Å²) in [7, 11) is 2.25. The average molecular weight is 1270 g/mol. The van der Waals surface area contributed by atoms with Gasteiger partial charge in [-0.25, -0.2) is 4.79 Å². The molecule has 7 aliphatic heterocycles. The predicted octanol–water partition coefficient (Wildman–Crippen LogP) is -13.2. The molecule has 37 nitrogen and oxygen atoms in total. The van der Waals surface area contributed by atoms with Crippen LogP contribution in [0.2, 0.25) is 0 Å². The zero-order valence-electron chi connectivity index (χ0n) is 46.8. The van der Waals surface area contributed by atoms with Crippen LogP contribution in [0.25, 0.3) is 0 Å². The van der Waals surface area contributed by atoms with E-state index in [1.807, 2.05) is 0 Å². The number of carboxylic acids is 1. The van der Waals surface area contributed by atoms with E-state index >= 15 is 0 Å². The van der Waals surface area contributed by atoms with Crippen LogP contribution >= 0.6 is 0 Å². The van der Waals surface area contributed by atoms with E-state index in [2.05, 4.69) is 0 Å². The van der Waals surface area contributed by atoms with Crippen molar-refractivity contribution in [2.45, 2.75) is 229 Å². The van der Waals surface area contributed by atoms with Crippen LogP contribution in [0, 0.1) is 11.8 Å². The Morgan fingerprint density at radius 3 is 1.42 bits per heavy atom. The number of methoxy groups -OCH3 is 2. The van der Waals surface area contributed by atoms with Gasteiger partial charge in [0.05, 0.1) is 64.6 Å². The minimum atomic E-state index is -2.99. The van der Waals surface area contributed by atoms with Crippen molar-refractivity contribution in [2.75, 3.05) is 60.5 Å². The van der Waals surface area contributed by atoms with Crippen molar-refractivity contribution in [1.29, 1.82) is 0 Å². The van der Waals surface area contributed by atoms with Gasteiger partial charge in [0.25, 0.3) is 5.79 Å². The second-order valence-electron chi connectivity index (χ2n) is 22.2. The second-order valence-corrected chi connectivity index (χ2v) is 22.2. The zero-order chi connectivity index (χ0) is 63.5. The number of aliphatic hydroxyl groups excluding tert-OH is 20. The SMILES string of the molecule is COC1OC(CO)C(OC2OC(CO)C(OC3OC(COC4OC(CO)C(OC5OC(CO)C(O)C(OC6(C(=O)O)CC(O)C(C)C(C(O)[C@@H](O)CO)O6)C5O)C(O)C4C)C(OC)C(O)C3O)C(OC3OC(CO)C(O)C(O)C3O)C2O)C(O)C1O. The van der Waals surface area contributed by atoms with Crippen molar-refractivity contribution < 1.29 is 183 Å². The minimum Gasteiger partial charge on any atom is -0.477 e. The summed E-state index contributed by atoms with van der Waals surface area (Å²) < 4.78 is 86.4.